The summed E-state index contributed by atoms with van der Waals surface area (Å²) in [6, 6.07) is 56.0. The topological polar surface area (TPSA) is 21.1 Å². The lowest BCUT2D eigenvalue weighted by molar-refractivity contribution is 0.414. The number of hydrogen-bond acceptors (Lipinski definition) is 2. The van der Waals surface area contributed by atoms with Crippen LogP contribution < -0.4 is 4.90 Å². The second-order valence-electron chi connectivity index (χ2n) is 14.6. The largest absolute Gasteiger partial charge is 0.310 e. The smallest absolute Gasteiger partial charge is 0.0571 e. The summed E-state index contributed by atoms with van der Waals surface area (Å²) in [6.07, 6.45) is 11.0. The maximum Gasteiger partial charge on any atom is 0.0571 e. The third-order valence-corrected chi connectivity index (χ3v) is 11.5. The number of pyridine rings is 1. The van der Waals surface area contributed by atoms with Gasteiger partial charge in [0, 0.05) is 51.3 Å². The van der Waals surface area contributed by atoms with Crippen LogP contribution in [0.25, 0.3) is 49.7 Å². The molecule has 0 amide bonds. The van der Waals surface area contributed by atoms with E-state index in [2.05, 4.69) is 180 Å². The predicted octanol–water partition coefficient (Wildman–Crippen LogP) is 14.0. The SMILES string of the molecule is CCCCC1(CCCC)c2ccccc2-c2ccc(N(c3ccc(-c4ccccc4)cc3)c3ccc4c5cnccc5n(-c5ccccc5)c4c3)cc21. The number of benzene rings is 6. The van der Waals surface area contributed by atoms with Crippen molar-refractivity contribution in [2.75, 3.05) is 4.90 Å². The van der Waals surface area contributed by atoms with Crippen molar-refractivity contribution in [2.24, 2.45) is 0 Å². The van der Waals surface area contributed by atoms with Crippen LogP contribution in [0.1, 0.15) is 63.5 Å². The van der Waals surface area contributed by atoms with Crippen LogP contribution in [-0.2, 0) is 5.41 Å². The summed E-state index contributed by atoms with van der Waals surface area (Å²) in [6.45, 7) is 4.65. The van der Waals surface area contributed by atoms with Gasteiger partial charge in [-0.05, 0) is 101 Å². The molecule has 6 aromatic carbocycles. The third kappa shape index (κ3) is 5.63. The molecule has 0 saturated carbocycles. The molecule has 3 nitrogen and oxygen atoms in total. The molecule has 0 spiro atoms. The average Bonchev–Trinajstić information content (AvgIpc) is 3.70. The van der Waals surface area contributed by atoms with Gasteiger partial charge in [-0.2, -0.15) is 0 Å². The molecule has 0 aliphatic heterocycles. The number of hydrogen-bond donors (Lipinski definition) is 0. The first-order valence-corrected chi connectivity index (χ1v) is 19.3. The summed E-state index contributed by atoms with van der Waals surface area (Å²) >= 11 is 0. The van der Waals surface area contributed by atoms with Gasteiger partial charge in [-0.3, -0.25) is 4.98 Å². The van der Waals surface area contributed by atoms with Crippen molar-refractivity contribution < 1.29 is 0 Å². The Bertz CT molecular complexity index is 2520. The minimum Gasteiger partial charge on any atom is -0.310 e. The molecule has 260 valence electrons. The molecular weight excluding hydrogens is 643 g/mol. The summed E-state index contributed by atoms with van der Waals surface area (Å²) in [5, 5.41) is 2.35. The Kier molecular flexibility index (Phi) is 8.64. The van der Waals surface area contributed by atoms with E-state index in [0.29, 0.717) is 0 Å². The number of nitrogens with zero attached hydrogens (tertiary/aromatic N) is 3. The number of para-hydroxylation sites is 1. The number of unbranched alkanes of at least 4 members (excludes halogenated alkanes) is 2. The van der Waals surface area contributed by atoms with E-state index in [1.165, 1.54) is 83.0 Å². The van der Waals surface area contributed by atoms with E-state index in [4.69, 9.17) is 0 Å². The Morgan fingerprint density at radius 1 is 0.528 bits per heavy atom. The standard InChI is InChI=1S/C50H45N3/c1-3-5-30-50(31-6-4-2)46-20-14-13-19-42(46)43-27-25-40(33-47(43)50)52(39-23-21-37(22-24-39)36-15-9-7-10-16-36)41-26-28-44-45-35-51-32-29-48(45)53(49(44)34-41)38-17-11-8-12-18-38/h7-29,32-35H,3-6,30-31H2,1-2H3. The van der Waals surface area contributed by atoms with Crippen LogP contribution in [-0.4, -0.2) is 9.55 Å². The van der Waals surface area contributed by atoms with Gasteiger partial charge in [0.1, 0.15) is 0 Å². The van der Waals surface area contributed by atoms with Crippen LogP contribution >= 0.6 is 0 Å². The molecule has 2 aromatic heterocycles. The molecule has 0 atom stereocenters. The van der Waals surface area contributed by atoms with Crippen molar-refractivity contribution in [2.45, 2.75) is 57.8 Å². The fourth-order valence-electron chi connectivity index (χ4n) is 8.93. The molecule has 0 fully saturated rings. The fraction of sp³-hybridized carbons (Fsp3) is 0.180. The van der Waals surface area contributed by atoms with Crippen molar-refractivity contribution in [1.29, 1.82) is 0 Å². The monoisotopic (exact) mass is 687 g/mol. The first-order chi connectivity index (χ1) is 26.2. The van der Waals surface area contributed by atoms with Gasteiger partial charge in [-0.1, -0.05) is 137 Å². The zero-order valence-electron chi connectivity index (χ0n) is 30.7. The molecule has 8 aromatic rings. The lowest BCUT2D eigenvalue weighted by atomic mass is 9.71. The molecule has 2 heterocycles. The molecule has 53 heavy (non-hydrogen) atoms. The zero-order chi connectivity index (χ0) is 35.8. The van der Waals surface area contributed by atoms with Crippen molar-refractivity contribution in [1.82, 2.24) is 9.55 Å². The van der Waals surface area contributed by atoms with Gasteiger partial charge in [0.05, 0.1) is 11.0 Å². The van der Waals surface area contributed by atoms with Crippen LogP contribution in [0.3, 0.4) is 0 Å². The molecular formula is C50H45N3. The van der Waals surface area contributed by atoms with E-state index in [-0.39, 0.29) is 5.41 Å². The Labute approximate surface area is 313 Å². The van der Waals surface area contributed by atoms with Crippen molar-refractivity contribution in [3.05, 3.63) is 175 Å². The highest BCUT2D eigenvalue weighted by Gasteiger charge is 2.42. The molecule has 1 aliphatic rings. The van der Waals surface area contributed by atoms with E-state index < -0.39 is 0 Å². The van der Waals surface area contributed by atoms with E-state index >= 15 is 0 Å². The van der Waals surface area contributed by atoms with Crippen LogP contribution in [0.2, 0.25) is 0 Å². The van der Waals surface area contributed by atoms with Gasteiger partial charge in [0.15, 0.2) is 0 Å². The summed E-state index contributed by atoms with van der Waals surface area (Å²) in [4.78, 5) is 7.00. The molecule has 0 bridgehead atoms. The summed E-state index contributed by atoms with van der Waals surface area (Å²) < 4.78 is 2.38. The lowest BCUT2D eigenvalue weighted by Gasteiger charge is -2.34. The van der Waals surface area contributed by atoms with Crippen molar-refractivity contribution in [3.8, 4) is 27.9 Å². The highest BCUT2D eigenvalue weighted by atomic mass is 15.1. The molecule has 1 aliphatic carbocycles. The fourth-order valence-corrected chi connectivity index (χ4v) is 8.93. The second kappa shape index (κ2) is 13.9. The number of anilines is 3. The summed E-state index contributed by atoms with van der Waals surface area (Å²) in [7, 11) is 0. The first-order valence-electron chi connectivity index (χ1n) is 19.3. The van der Waals surface area contributed by atoms with E-state index in [0.717, 1.165) is 33.5 Å². The second-order valence-corrected chi connectivity index (χ2v) is 14.6. The van der Waals surface area contributed by atoms with Gasteiger partial charge in [-0.15, -0.1) is 0 Å². The normalized spacial score (nSPS) is 12.9. The first kappa shape index (κ1) is 32.9. The van der Waals surface area contributed by atoms with Crippen molar-refractivity contribution in [3.63, 3.8) is 0 Å². The summed E-state index contributed by atoms with van der Waals surface area (Å²) in [5.74, 6) is 0. The van der Waals surface area contributed by atoms with Gasteiger partial charge in [-0.25, -0.2) is 0 Å². The Balaban J connectivity index is 1.27. The quantitative estimate of drug-likeness (QED) is 0.135. The molecule has 0 radical (unpaired) electrons. The van der Waals surface area contributed by atoms with Crippen LogP contribution in [0.5, 0.6) is 0 Å². The molecule has 3 heteroatoms. The summed E-state index contributed by atoms with van der Waals surface area (Å²) in [5.41, 5.74) is 15.1. The number of fused-ring (bicyclic) bond motifs is 6. The Morgan fingerprint density at radius 3 is 1.91 bits per heavy atom. The van der Waals surface area contributed by atoms with Crippen LogP contribution in [0, 0.1) is 0 Å². The Hall–Kier alpha value is -5.93. The molecule has 0 saturated heterocycles. The Morgan fingerprint density at radius 2 is 1.15 bits per heavy atom. The molecule has 0 N–H and O–H groups in total. The highest BCUT2D eigenvalue weighted by molar-refractivity contribution is 6.10. The van der Waals surface area contributed by atoms with Crippen molar-refractivity contribution >= 4 is 38.9 Å². The van der Waals surface area contributed by atoms with E-state index in [1.807, 2.05) is 12.4 Å². The van der Waals surface area contributed by atoms with Gasteiger partial charge >= 0.3 is 0 Å². The number of rotatable bonds is 11. The van der Waals surface area contributed by atoms with E-state index in [9.17, 15) is 0 Å². The predicted molar refractivity (Wildman–Crippen MR) is 224 cm³/mol. The zero-order valence-corrected chi connectivity index (χ0v) is 30.7. The highest BCUT2D eigenvalue weighted by Crippen LogP contribution is 2.55. The van der Waals surface area contributed by atoms with Gasteiger partial charge in [0.2, 0.25) is 0 Å². The maximum atomic E-state index is 4.54. The molecule has 9 rings (SSSR count). The lowest BCUT2D eigenvalue weighted by Crippen LogP contribution is -2.25. The van der Waals surface area contributed by atoms with Crippen LogP contribution in [0.15, 0.2) is 164 Å². The van der Waals surface area contributed by atoms with Gasteiger partial charge in [0.25, 0.3) is 0 Å². The van der Waals surface area contributed by atoms with E-state index in [1.54, 1.807) is 0 Å². The minimum absolute atomic E-state index is 0.00742. The average molecular weight is 688 g/mol. The maximum absolute atomic E-state index is 4.54. The van der Waals surface area contributed by atoms with Crippen LogP contribution in [0.4, 0.5) is 17.1 Å². The van der Waals surface area contributed by atoms with Gasteiger partial charge < -0.3 is 9.47 Å². The minimum atomic E-state index is 0.00742. The third-order valence-electron chi connectivity index (χ3n) is 11.5. The number of aromatic nitrogens is 2. The molecule has 0 unspecified atom stereocenters.